The molecule has 1 saturated heterocycles. The van der Waals surface area contributed by atoms with Gasteiger partial charge in [-0.05, 0) is 47.5 Å². The van der Waals surface area contributed by atoms with Gasteiger partial charge in [0, 0.05) is 23.2 Å². The lowest BCUT2D eigenvalue weighted by Crippen LogP contribution is -2.28. The summed E-state index contributed by atoms with van der Waals surface area (Å²) >= 11 is 7.56. The maximum Gasteiger partial charge on any atom is 0.251 e. The Morgan fingerprint density at radius 3 is 2.56 bits per heavy atom. The van der Waals surface area contributed by atoms with Crippen LogP contribution in [0.25, 0.3) is 0 Å². The minimum atomic E-state index is -0.172. The van der Waals surface area contributed by atoms with E-state index in [0.29, 0.717) is 41.8 Å². The second-order valence-electron chi connectivity index (χ2n) is 7.72. The van der Waals surface area contributed by atoms with Crippen molar-refractivity contribution in [3.8, 4) is 11.5 Å². The Kier molecular flexibility index (Phi) is 7.98. The van der Waals surface area contributed by atoms with Crippen molar-refractivity contribution in [3.63, 3.8) is 0 Å². The molecule has 34 heavy (non-hydrogen) atoms. The van der Waals surface area contributed by atoms with Gasteiger partial charge in [-0.25, -0.2) is 0 Å². The lowest BCUT2D eigenvalue weighted by atomic mass is 10.1. The van der Waals surface area contributed by atoms with E-state index in [4.69, 9.17) is 21.1 Å². The van der Waals surface area contributed by atoms with Gasteiger partial charge in [-0.15, -0.1) is 11.8 Å². The number of ether oxygens (including phenoxy) is 2. The predicted octanol–water partition coefficient (Wildman–Crippen LogP) is 4.93. The number of hydrogen-bond donors (Lipinski definition) is 1. The van der Waals surface area contributed by atoms with Gasteiger partial charge in [0.25, 0.3) is 5.91 Å². The fourth-order valence-corrected chi connectivity index (χ4v) is 4.93. The second kappa shape index (κ2) is 11.3. The molecule has 4 rings (SSSR count). The molecule has 0 saturated carbocycles. The van der Waals surface area contributed by atoms with Crippen LogP contribution in [0.5, 0.6) is 11.5 Å². The summed E-state index contributed by atoms with van der Waals surface area (Å²) in [6, 6.07) is 22.2. The number of methoxy groups -OCH3 is 1. The summed E-state index contributed by atoms with van der Waals surface area (Å²) in [5, 5.41) is 3.45. The van der Waals surface area contributed by atoms with E-state index in [1.807, 2.05) is 59.5 Å². The van der Waals surface area contributed by atoms with Gasteiger partial charge in [-0.2, -0.15) is 0 Å². The summed E-state index contributed by atoms with van der Waals surface area (Å²) in [5.74, 6) is 1.77. The van der Waals surface area contributed by atoms with Crippen LogP contribution in [0.2, 0.25) is 5.02 Å². The van der Waals surface area contributed by atoms with Crippen LogP contribution in [-0.4, -0.2) is 42.7 Å². The number of hydrogen-bond acceptors (Lipinski definition) is 5. The molecular weight excluding hydrogens is 472 g/mol. The molecule has 1 heterocycles. The average Bonchev–Trinajstić information content (AvgIpc) is 3.23. The van der Waals surface area contributed by atoms with Gasteiger partial charge in [0.05, 0.1) is 19.4 Å². The van der Waals surface area contributed by atoms with Crippen molar-refractivity contribution in [2.75, 3.05) is 26.0 Å². The number of amides is 2. The number of nitrogens with zero attached hydrogens (tertiary/aromatic N) is 1. The van der Waals surface area contributed by atoms with Crippen LogP contribution in [0.3, 0.4) is 0 Å². The van der Waals surface area contributed by atoms with Crippen LogP contribution in [0.1, 0.15) is 26.9 Å². The van der Waals surface area contributed by atoms with Crippen molar-refractivity contribution in [3.05, 3.63) is 94.5 Å². The monoisotopic (exact) mass is 496 g/mol. The van der Waals surface area contributed by atoms with Crippen LogP contribution >= 0.6 is 23.4 Å². The highest BCUT2D eigenvalue weighted by Gasteiger charge is 2.32. The Labute approximate surface area is 208 Å². The van der Waals surface area contributed by atoms with Gasteiger partial charge in [0.2, 0.25) is 5.91 Å². The molecule has 1 aliphatic heterocycles. The highest BCUT2D eigenvalue weighted by atomic mass is 35.5. The van der Waals surface area contributed by atoms with Crippen molar-refractivity contribution < 1.29 is 19.1 Å². The molecule has 0 aromatic heterocycles. The molecule has 0 aliphatic carbocycles. The quantitative estimate of drug-likeness (QED) is 0.425. The van der Waals surface area contributed by atoms with Gasteiger partial charge in [-0.3, -0.25) is 9.59 Å². The summed E-state index contributed by atoms with van der Waals surface area (Å²) in [4.78, 5) is 26.9. The zero-order valence-corrected chi connectivity index (χ0v) is 20.3. The fourth-order valence-electron chi connectivity index (χ4n) is 3.61. The van der Waals surface area contributed by atoms with Gasteiger partial charge in [0.15, 0.2) is 0 Å². The normalized spacial score (nSPS) is 15.3. The lowest BCUT2D eigenvalue weighted by Gasteiger charge is -2.24. The van der Waals surface area contributed by atoms with Crippen LogP contribution in [0.15, 0.2) is 72.8 Å². The van der Waals surface area contributed by atoms with Gasteiger partial charge >= 0.3 is 0 Å². The van der Waals surface area contributed by atoms with E-state index in [1.54, 1.807) is 37.1 Å². The van der Waals surface area contributed by atoms with Crippen LogP contribution in [0, 0.1) is 0 Å². The Morgan fingerprint density at radius 1 is 1.09 bits per heavy atom. The molecule has 0 bridgehead atoms. The van der Waals surface area contributed by atoms with Crippen molar-refractivity contribution >= 4 is 35.2 Å². The number of thioether (sulfide) groups is 1. The van der Waals surface area contributed by atoms with Crippen LogP contribution in [-0.2, 0) is 11.3 Å². The highest BCUT2D eigenvalue weighted by Crippen LogP contribution is 2.39. The number of halogens is 1. The molecule has 3 aromatic carbocycles. The Balaban J connectivity index is 1.31. The maximum atomic E-state index is 12.5. The average molecular weight is 497 g/mol. The van der Waals surface area contributed by atoms with Gasteiger partial charge in [0.1, 0.15) is 23.5 Å². The summed E-state index contributed by atoms with van der Waals surface area (Å²) in [7, 11) is 1.60. The first-order valence-electron chi connectivity index (χ1n) is 10.8. The Morgan fingerprint density at radius 2 is 1.82 bits per heavy atom. The lowest BCUT2D eigenvalue weighted by molar-refractivity contribution is -0.128. The van der Waals surface area contributed by atoms with Crippen molar-refractivity contribution in [1.29, 1.82) is 0 Å². The molecule has 2 amide bonds. The summed E-state index contributed by atoms with van der Waals surface area (Å²) < 4.78 is 10.8. The van der Waals surface area contributed by atoms with E-state index in [0.717, 1.165) is 16.9 Å². The smallest absolute Gasteiger partial charge is 0.251 e. The molecule has 0 radical (unpaired) electrons. The molecule has 0 unspecified atom stereocenters. The molecule has 1 fully saturated rings. The van der Waals surface area contributed by atoms with E-state index in [2.05, 4.69) is 5.32 Å². The molecule has 1 N–H and O–H groups in total. The third-order valence-corrected chi connectivity index (χ3v) is 6.90. The third-order valence-electron chi connectivity index (χ3n) is 5.39. The first-order chi connectivity index (χ1) is 16.5. The zero-order valence-electron chi connectivity index (χ0n) is 18.7. The SMILES string of the molecule is COc1cccc(OCCNC(=O)c2ccc([C@H]3SCC(=O)N3Cc3ccc(Cl)cc3)cc2)c1. The van der Waals surface area contributed by atoms with Gasteiger partial charge in [-0.1, -0.05) is 41.9 Å². The molecule has 1 atom stereocenters. The topological polar surface area (TPSA) is 67.9 Å². The van der Waals surface area contributed by atoms with E-state index in [-0.39, 0.29) is 17.2 Å². The van der Waals surface area contributed by atoms with E-state index < -0.39 is 0 Å². The standard InChI is InChI=1S/C26H25ClN2O4S/c1-32-22-3-2-4-23(15-22)33-14-13-28-25(31)19-7-9-20(10-8-19)26-29(24(30)17-34-26)16-18-5-11-21(27)12-6-18/h2-12,15,26H,13-14,16-17H2,1H3,(H,28,31)/t26-/m1/s1. The zero-order chi connectivity index (χ0) is 23.9. The highest BCUT2D eigenvalue weighted by molar-refractivity contribution is 8.00. The largest absolute Gasteiger partial charge is 0.497 e. The minimum absolute atomic E-state index is 0.0865. The number of nitrogens with one attached hydrogen (secondary N) is 1. The van der Waals surface area contributed by atoms with E-state index in [1.165, 1.54) is 0 Å². The van der Waals surface area contributed by atoms with Crippen LogP contribution < -0.4 is 14.8 Å². The first kappa shape index (κ1) is 24.0. The van der Waals surface area contributed by atoms with E-state index in [9.17, 15) is 9.59 Å². The first-order valence-corrected chi connectivity index (χ1v) is 12.3. The minimum Gasteiger partial charge on any atom is -0.497 e. The molecule has 0 spiro atoms. The van der Waals surface area contributed by atoms with Crippen molar-refractivity contribution in [1.82, 2.24) is 10.2 Å². The Bertz CT molecular complexity index is 1140. The van der Waals surface area contributed by atoms with Gasteiger partial charge < -0.3 is 19.7 Å². The van der Waals surface area contributed by atoms with Crippen molar-refractivity contribution in [2.24, 2.45) is 0 Å². The number of rotatable bonds is 9. The number of benzene rings is 3. The summed E-state index contributed by atoms with van der Waals surface area (Å²) in [6.45, 7) is 1.24. The van der Waals surface area contributed by atoms with Crippen LogP contribution in [0.4, 0.5) is 0 Å². The maximum absolute atomic E-state index is 12.5. The van der Waals surface area contributed by atoms with E-state index >= 15 is 0 Å². The molecule has 6 nitrogen and oxygen atoms in total. The molecule has 8 heteroatoms. The predicted molar refractivity (Wildman–Crippen MR) is 134 cm³/mol. The summed E-state index contributed by atoms with van der Waals surface area (Å²) in [5.41, 5.74) is 2.57. The Hall–Kier alpha value is -3.16. The van der Waals surface area contributed by atoms with Crippen molar-refractivity contribution in [2.45, 2.75) is 11.9 Å². The second-order valence-corrected chi connectivity index (χ2v) is 9.22. The molecular formula is C26H25ClN2O4S. The molecule has 3 aromatic rings. The third kappa shape index (κ3) is 6.04. The fraction of sp³-hybridized carbons (Fsp3) is 0.231. The number of carbonyl (C=O) groups excluding carboxylic acids is 2. The molecule has 1 aliphatic rings. The molecule has 176 valence electrons. The summed E-state index contributed by atoms with van der Waals surface area (Å²) in [6.07, 6.45) is 0. The number of carbonyl (C=O) groups is 2.